The molecule has 1 atom stereocenters. The highest BCUT2D eigenvalue weighted by Gasteiger charge is 2.41. The summed E-state index contributed by atoms with van der Waals surface area (Å²) in [6, 6.07) is 6.71. The van der Waals surface area contributed by atoms with Gasteiger partial charge in [-0.1, -0.05) is 0 Å². The normalized spacial score (nSPS) is 19.7. The minimum Gasteiger partial charge on any atom is -0.497 e. The van der Waals surface area contributed by atoms with Crippen LogP contribution in [-0.2, 0) is 4.79 Å². The smallest absolute Gasteiger partial charge is 0.240 e. The lowest BCUT2D eigenvalue weighted by atomic mass is 9.93. The summed E-state index contributed by atoms with van der Waals surface area (Å²) in [4.78, 5) is 26.6. The van der Waals surface area contributed by atoms with Crippen LogP contribution in [0.1, 0.15) is 31.1 Å². The van der Waals surface area contributed by atoms with Gasteiger partial charge in [-0.3, -0.25) is 14.5 Å². The Labute approximate surface area is 125 Å². The van der Waals surface area contributed by atoms with Crippen LogP contribution in [0.25, 0.3) is 0 Å². The van der Waals surface area contributed by atoms with Crippen molar-refractivity contribution in [2.45, 2.75) is 32.4 Å². The molecular formula is C16H22N2O3. The summed E-state index contributed by atoms with van der Waals surface area (Å²) < 4.78 is 5.10. The number of methoxy groups -OCH3 is 1. The van der Waals surface area contributed by atoms with E-state index in [0.717, 1.165) is 5.75 Å². The van der Waals surface area contributed by atoms with Gasteiger partial charge in [-0.05, 0) is 45.0 Å². The molecule has 1 aliphatic heterocycles. The molecule has 1 unspecified atom stereocenters. The van der Waals surface area contributed by atoms with Crippen LogP contribution >= 0.6 is 0 Å². The van der Waals surface area contributed by atoms with E-state index in [0.29, 0.717) is 18.7 Å². The maximum atomic E-state index is 12.6. The second-order valence-electron chi connectivity index (χ2n) is 5.78. The van der Waals surface area contributed by atoms with Crippen molar-refractivity contribution in [3.8, 4) is 5.75 Å². The number of ketones is 1. The third-order valence-electron chi connectivity index (χ3n) is 4.13. The maximum Gasteiger partial charge on any atom is 0.240 e. The van der Waals surface area contributed by atoms with Crippen molar-refractivity contribution in [1.29, 1.82) is 0 Å². The molecular weight excluding hydrogens is 268 g/mol. The zero-order chi connectivity index (χ0) is 15.6. The number of ether oxygens (including phenoxy) is 1. The van der Waals surface area contributed by atoms with Gasteiger partial charge in [-0.15, -0.1) is 0 Å². The monoisotopic (exact) mass is 290 g/mol. The number of amides is 1. The third kappa shape index (κ3) is 2.93. The van der Waals surface area contributed by atoms with Crippen molar-refractivity contribution in [2.75, 3.05) is 20.2 Å². The fourth-order valence-corrected chi connectivity index (χ4v) is 2.73. The zero-order valence-corrected chi connectivity index (χ0v) is 13.0. The molecule has 0 spiro atoms. The Kier molecular flexibility index (Phi) is 4.32. The predicted molar refractivity (Wildman–Crippen MR) is 80.6 cm³/mol. The molecule has 1 amide bonds. The first-order chi connectivity index (χ1) is 9.87. The van der Waals surface area contributed by atoms with Gasteiger partial charge in [0.15, 0.2) is 5.78 Å². The summed E-state index contributed by atoms with van der Waals surface area (Å²) in [7, 11) is 1.59. The van der Waals surface area contributed by atoms with Crippen molar-refractivity contribution in [3.63, 3.8) is 0 Å². The van der Waals surface area contributed by atoms with Crippen LogP contribution in [-0.4, -0.2) is 48.4 Å². The van der Waals surface area contributed by atoms with Crippen LogP contribution < -0.4 is 10.1 Å². The average Bonchev–Trinajstić information content (AvgIpc) is 2.48. The van der Waals surface area contributed by atoms with Crippen LogP contribution in [0.5, 0.6) is 5.75 Å². The maximum absolute atomic E-state index is 12.6. The van der Waals surface area contributed by atoms with E-state index in [1.165, 1.54) is 0 Å². The van der Waals surface area contributed by atoms with E-state index in [-0.39, 0.29) is 17.7 Å². The number of nitrogens with zero attached hydrogens (tertiary/aromatic N) is 1. The molecule has 0 radical (unpaired) electrons. The van der Waals surface area contributed by atoms with E-state index in [4.69, 9.17) is 4.74 Å². The molecule has 1 fully saturated rings. The molecule has 1 aliphatic rings. The number of Topliss-reactive ketones (excluding diaryl/α,β-unsaturated/α-hetero) is 1. The summed E-state index contributed by atoms with van der Waals surface area (Å²) in [5.74, 6) is 0.695. The number of carbonyl (C=O) groups excluding carboxylic acids is 2. The van der Waals surface area contributed by atoms with Gasteiger partial charge < -0.3 is 10.1 Å². The highest BCUT2D eigenvalue weighted by atomic mass is 16.5. The Balaban J connectivity index is 2.19. The predicted octanol–water partition coefficient (Wildman–Crippen LogP) is 1.48. The molecule has 21 heavy (non-hydrogen) atoms. The minimum absolute atomic E-state index is 0.0143. The van der Waals surface area contributed by atoms with Gasteiger partial charge in [0.25, 0.3) is 0 Å². The molecule has 114 valence electrons. The molecule has 1 heterocycles. The average molecular weight is 290 g/mol. The Morgan fingerprint density at radius 3 is 2.52 bits per heavy atom. The van der Waals surface area contributed by atoms with Crippen LogP contribution in [0.4, 0.5) is 0 Å². The lowest BCUT2D eigenvalue weighted by Crippen LogP contribution is -2.65. The topological polar surface area (TPSA) is 58.6 Å². The molecule has 5 heteroatoms. The summed E-state index contributed by atoms with van der Waals surface area (Å²) in [5, 5.41) is 2.84. The Morgan fingerprint density at radius 2 is 1.95 bits per heavy atom. The van der Waals surface area contributed by atoms with Crippen LogP contribution in [0.2, 0.25) is 0 Å². The molecule has 1 saturated heterocycles. The highest BCUT2D eigenvalue weighted by molar-refractivity contribution is 6.00. The molecule has 0 aliphatic carbocycles. The molecule has 1 N–H and O–H groups in total. The summed E-state index contributed by atoms with van der Waals surface area (Å²) in [5.41, 5.74) is -0.0511. The first-order valence-electron chi connectivity index (χ1n) is 7.11. The van der Waals surface area contributed by atoms with Gasteiger partial charge in [0, 0.05) is 18.7 Å². The van der Waals surface area contributed by atoms with E-state index in [1.54, 1.807) is 31.4 Å². The number of rotatable bonds is 4. The van der Waals surface area contributed by atoms with Gasteiger partial charge in [-0.2, -0.15) is 0 Å². The lowest BCUT2D eigenvalue weighted by Gasteiger charge is -2.44. The molecule has 1 aromatic rings. The molecule has 0 bridgehead atoms. The number of hydrogen-bond acceptors (Lipinski definition) is 4. The van der Waals surface area contributed by atoms with Crippen molar-refractivity contribution in [1.82, 2.24) is 10.2 Å². The second kappa shape index (κ2) is 5.85. The molecule has 0 saturated carbocycles. The summed E-state index contributed by atoms with van der Waals surface area (Å²) >= 11 is 0. The zero-order valence-electron chi connectivity index (χ0n) is 13.0. The number of benzene rings is 1. The molecule has 2 rings (SSSR count). The van der Waals surface area contributed by atoms with Crippen molar-refractivity contribution in [3.05, 3.63) is 29.8 Å². The number of nitrogens with one attached hydrogen (secondary N) is 1. The van der Waals surface area contributed by atoms with Gasteiger partial charge >= 0.3 is 0 Å². The van der Waals surface area contributed by atoms with E-state index >= 15 is 0 Å². The Hall–Kier alpha value is -1.88. The van der Waals surface area contributed by atoms with Crippen molar-refractivity contribution < 1.29 is 14.3 Å². The summed E-state index contributed by atoms with van der Waals surface area (Å²) in [6.07, 6.45) is 0. The first-order valence-corrected chi connectivity index (χ1v) is 7.11. The third-order valence-corrected chi connectivity index (χ3v) is 4.13. The van der Waals surface area contributed by atoms with Gasteiger partial charge in [0.2, 0.25) is 5.91 Å². The SMILES string of the molecule is COc1ccc(C(=O)C(C)N2CCNC(=O)C2(C)C)cc1. The van der Waals surface area contributed by atoms with Crippen LogP contribution in [0.15, 0.2) is 24.3 Å². The summed E-state index contributed by atoms with van der Waals surface area (Å²) in [6.45, 7) is 6.79. The highest BCUT2D eigenvalue weighted by Crippen LogP contribution is 2.23. The lowest BCUT2D eigenvalue weighted by molar-refractivity contribution is -0.135. The number of piperazine rings is 1. The molecule has 1 aromatic carbocycles. The minimum atomic E-state index is -0.681. The molecule has 5 nitrogen and oxygen atoms in total. The second-order valence-corrected chi connectivity index (χ2v) is 5.78. The van der Waals surface area contributed by atoms with E-state index in [9.17, 15) is 9.59 Å². The van der Waals surface area contributed by atoms with Gasteiger partial charge in [-0.25, -0.2) is 0 Å². The van der Waals surface area contributed by atoms with Crippen molar-refractivity contribution >= 4 is 11.7 Å². The van der Waals surface area contributed by atoms with E-state index < -0.39 is 5.54 Å². The largest absolute Gasteiger partial charge is 0.497 e. The van der Waals surface area contributed by atoms with Crippen LogP contribution in [0, 0.1) is 0 Å². The Morgan fingerprint density at radius 1 is 1.33 bits per heavy atom. The van der Waals surface area contributed by atoms with Gasteiger partial charge in [0.05, 0.1) is 18.7 Å². The Bertz CT molecular complexity index is 537. The van der Waals surface area contributed by atoms with Gasteiger partial charge in [0.1, 0.15) is 5.75 Å². The number of carbonyl (C=O) groups is 2. The number of hydrogen-bond donors (Lipinski definition) is 1. The first kappa shape index (κ1) is 15.5. The van der Waals surface area contributed by atoms with E-state index in [2.05, 4.69) is 5.32 Å². The molecule has 0 aromatic heterocycles. The van der Waals surface area contributed by atoms with Crippen molar-refractivity contribution in [2.24, 2.45) is 0 Å². The standard InChI is InChI=1S/C16H22N2O3/c1-11(18-10-9-17-15(20)16(18,2)3)14(19)12-5-7-13(21-4)8-6-12/h5-8,11H,9-10H2,1-4H3,(H,17,20). The fraction of sp³-hybridized carbons (Fsp3) is 0.500. The van der Waals surface area contributed by atoms with Crippen LogP contribution in [0.3, 0.4) is 0 Å². The fourth-order valence-electron chi connectivity index (χ4n) is 2.73. The quantitative estimate of drug-likeness (QED) is 0.853. The van der Waals surface area contributed by atoms with E-state index in [1.807, 2.05) is 25.7 Å².